The maximum absolute atomic E-state index is 10.8. The van der Waals surface area contributed by atoms with E-state index >= 15 is 0 Å². The molecular formula is C7H10N2OS. The first-order valence-electron chi connectivity index (χ1n) is 3.48. The lowest BCUT2D eigenvalue weighted by Gasteiger charge is -1.97. The number of nitrogens with zero attached hydrogens (tertiary/aromatic N) is 1. The first-order chi connectivity index (χ1) is 5.33. The summed E-state index contributed by atoms with van der Waals surface area (Å²) in [6, 6.07) is 0. The molecule has 0 fully saturated rings. The third-order valence-electron chi connectivity index (χ3n) is 1.26. The molecule has 0 aliphatic rings. The molecule has 0 radical (unpaired) electrons. The van der Waals surface area contributed by atoms with Gasteiger partial charge in [0.15, 0.2) is 10.9 Å². The van der Waals surface area contributed by atoms with Crippen molar-refractivity contribution in [2.75, 3.05) is 11.9 Å². The summed E-state index contributed by atoms with van der Waals surface area (Å²) in [5, 5.41) is 5.62. The fraction of sp³-hybridized carbons (Fsp3) is 0.429. The van der Waals surface area contributed by atoms with Crippen LogP contribution in [0.2, 0.25) is 0 Å². The van der Waals surface area contributed by atoms with Gasteiger partial charge in [-0.15, -0.1) is 11.3 Å². The Bertz CT molecular complexity index is 220. The molecular weight excluding hydrogens is 160 g/mol. The van der Waals surface area contributed by atoms with Gasteiger partial charge in [-0.1, -0.05) is 6.92 Å². The van der Waals surface area contributed by atoms with Crippen molar-refractivity contribution in [2.45, 2.75) is 13.3 Å². The topological polar surface area (TPSA) is 42.0 Å². The van der Waals surface area contributed by atoms with E-state index in [4.69, 9.17) is 0 Å². The third kappa shape index (κ3) is 2.67. The minimum Gasteiger partial charge on any atom is -0.354 e. The van der Waals surface area contributed by atoms with Gasteiger partial charge < -0.3 is 5.32 Å². The molecule has 0 aliphatic heterocycles. The number of aromatic nitrogens is 1. The zero-order valence-electron chi connectivity index (χ0n) is 6.33. The van der Waals surface area contributed by atoms with E-state index in [2.05, 4.69) is 10.3 Å². The van der Waals surface area contributed by atoms with Gasteiger partial charge in [0.05, 0.1) is 6.54 Å². The summed E-state index contributed by atoms with van der Waals surface area (Å²) in [6.07, 6.45) is 2.29. The van der Waals surface area contributed by atoms with E-state index in [9.17, 15) is 4.79 Å². The van der Waals surface area contributed by atoms with E-state index < -0.39 is 0 Å². The number of carbonyl (C=O) groups is 1. The normalized spacial score (nSPS) is 9.55. The van der Waals surface area contributed by atoms with Crippen molar-refractivity contribution in [2.24, 2.45) is 0 Å². The molecule has 0 aromatic carbocycles. The second-order valence-corrected chi connectivity index (χ2v) is 2.98. The van der Waals surface area contributed by atoms with Crippen molar-refractivity contribution < 1.29 is 4.79 Å². The number of rotatable bonds is 4. The number of thiazole rings is 1. The van der Waals surface area contributed by atoms with Crippen LogP contribution >= 0.6 is 11.3 Å². The Kier molecular flexibility index (Phi) is 3.04. The van der Waals surface area contributed by atoms with Gasteiger partial charge in [0.1, 0.15) is 0 Å². The van der Waals surface area contributed by atoms with Gasteiger partial charge in [-0.3, -0.25) is 4.79 Å². The summed E-state index contributed by atoms with van der Waals surface area (Å²) in [5.41, 5.74) is 0. The summed E-state index contributed by atoms with van der Waals surface area (Å²) in [7, 11) is 0. The minimum atomic E-state index is 0.209. The molecule has 0 amide bonds. The lowest BCUT2D eigenvalue weighted by molar-refractivity contribution is -0.117. The van der Waals surface area contributed by atoms with Gasteiger partial charge in [0.2, 0.25) is 0 Å². The summed E-state index contributed by atoms with van der Waals surface area (Å²) in [5.74, 6) is 0.209. The molecule has 1 aromatic heterocycles. The first-order valence-corrected chi connectivity index (χ1v) is 4.36. The molecule has 0 unspecified atom stereocenters. The number of anilines is 1. The van der Waals surface area contributed by atoms with Crippen LogP contribution in [0.3, 0.4) is 0 Å². The molecule has 0 saturated carbocycles. The minimum absolute atomic E-state index is 0.209. The van der Waals surface area contributed by atoms with Gasteiger partial charge in [0.25, 0.3) is 0 Å². The van der Waals surface area contributed by atoms with E-state index in [0.717, 1.165) is 5.13 Å². The molecule has 11 heavy (non-hydrogen) atoms. The lowest BCUT2D eigenvalue weighted by atomic mass is 10.3. The maximum Gasteiger partial charge on any atom is 0.182 e. The van der Waals surface area contributed by atoms with Gasteiger partial charge in [-0.25, -0.2) is 4.98 Å². The van der Waals surface area contributed by atoms with Crippen LogP contribution in [0.4, 0.5) is 5.13 Å². The molecule has 0 aliphatic carbocycles. The number of Topliss-reactive ketones (excluding diaryl/α,β-unsaturated/α-hetero) is 1. The largest absolute Gasteiger partial charge is 0.354 e. The number of nitrogens with one attached hydrogen (secondary N) is 1. The Morgan fingerprint density at radius 3 is 3.18 bits per heavy atom. The molecule has 60 valence electrons. The Hall–Kier alpha value is -0.900. The third-order valence-corrected chi connectivity index (χ3v) is 1.99. The predicted molar refractivity (Wildman–Crippen MR) is 45.9 cm³/mol. The molecule has 3 nitrogen and oxygen atoms in total. The van der Waals surface area contributed by atoms with Crippen LogP contribution in [0, 0.1) is 0 Å². The van der Waals surface area contributed by atoms with Crippen molar-refractivity contribution in [1.29, 1.82) is 0 Å². The van der Waals surface area contributed by atoms with E-state index in [1.165, 1.54) is 11.3 Å². The van der Waals surface area contributed by atoms with Crippen LogP contribution in [0.5, 0.6) is 0 Å². The first kappa shape index (κ1) is 8.20. The average Bonchev–Trinajstić information content (AvgIpc) is 2.52. The van der Waals surface area contributed by atoms with E-state index in [0.29, 0.717) is 13.0 Å². The molecule has 1 rings (SSSR count). The molecule has 0 saturated heterocycles. The Morgan fingerprint density at radius 1 is 1.82 bits per heavy atom. The molecule has 1 N–H and O–H groups in total. The number of ketones is 1. The Morgan fingerprint density at radius 2 is 2.64 bits per heavy atom. The maximum atomic E-state index is 10.8. The van der Waals surface area contributed by atoms with Gasteiger partial charge in [0, 0.05) is 18.0 Å². The van der Waals surface area contributed by atoms with Crippen LogP contribution in [0.1, 0.15) is 13.3 Å². The molecule has 0 atom stereocenters. The van der Waals surface area contributed by atoms with Crippen LogP contribution in [0.15, 0.2) is 11.6 Å². The van der Waals surface area contributed by atoms with Crippen molar-refractivity contribution in [3.63, 3.8) is 0 Å². The highest BCUT2D eigenvalue weighted by molar-refractivity contribution is 7.13. The molecule has 0 bridgehead atoms. The van der Waals surface area contributed by atoms with Gasteiger partial charge in [-0.2, -0.15) is 0 Å². The van der Waals surface area contributed by atoms with Crippen LogP contribution in [-0.2, 0) is 4.79 Å². The van der Waals surface area contributed by atoms with Crippen LogP contribution < -0.4 is 5.32 Å². The summed E-state index contributed by atoms with van der Waals surface area (Å²) < 4.78 is 0. The van der Waals surface area contributed by atoms with Gasteiger partial charge >= 0.3 is 0 Å². The zero-order valence-corrected chi connectivity index (χ0v) is 7.15. The highest BCUT2D eigenvalue weighted by Crippen LogP contribution is 2.09. The Labute approximate surface area is 69.5 Å². The number of hydrogen-bond donors (Lipinski definition) is 1. The fourth-order valence-electron chi connectivity index (χ4n) is 0.610. The Balaban J connectivity index is 2.29. The quantitative estimate of drug-likeness (QED) is 0.745. The summed E-state index contributed by atoms with van der Waals surface area (Å²) >= 11 is 1.50. The molecule has 1 aromatic rings. The van der Waals surface area contributed by atoms with E-state index in [-0.39, 0.29) is 5.78 Å². The fourth-order valence-corrected chi connectivity index (χ4v) is 1.14. The summed E-state index contributed by atoms with van der Waals surface area (Å²) in [6.45, 7) is 2.25. The highest BCUT2D eigenvalue weighted by atomic mass is 32.1. The van der Waals surface area contributed by atoms with Crippen LogP contribution in [-0.4, -0.2) is 17.3 Å². The lowest BCUT2D eigenvalue weighted by Crippen LogP contribution is -2.11. The standard InChI is InChI=1S/C7H10N2OS/c1-2-6(10)5-9-7-8-3-4-11-7/h3-4H,2,5H2,1H3,(H,8,9). The van der Waals surface area contributed by atoms with E-state index in [1.54, 1.807) is 6.20 Å². The average molecular weight is 170 g/mol. The van der Waals surface area contributed by atoms with Crippen molar-refractivity contribution in [1.82, 2.24) is 4.98 Å². The van der Waals surface area contributed by atoms with Crippen molar-refractivity contribution in [3.8, 4) is 0 Å². The zero-order chi connectivity index (χ0) is 8.10. The second kappa shape index (κ2) is 4.08. The van der Waals surface area contributed by atoms with Crippen molar-refractivity contribution in [3.05, 3.63) is 11.6 Å². The number of hydrogen-bond acceptors (Lipinski definition) is 4. The van der Waals surface area contributed by atoms with Crippen LogP contribution in [0.25, 0.3) is 0 Å². The SMILES string of the molecule is CCC(=O)CNc1nccs1. The monoisotopic (exact) mass is 170 g/mol. The highest BCUT2D eigenvalue weighted by Gasteiger charge is 1.98. The van der Waals surface area contributed by atoms with Crippen molar-refractivity contribution >= 4 is 22.3 Å². The summed E-state index contributed by atoms with van der Waals surface area (Å²) in [4.78, 5) is 14.8. The molecule has 4 heteroatoms. The predicted octanol–water partition coefficient (Wildman–Crippen LogP) is 1.53. The van der Waals surface area contributed by atoms with Gasteiger partial charge in [-0.05, 0) is 0 Å². The number of carbonyl (C=O) groups excluding carboxylic acids is 1. The molecule has 0 spiro atoms. The van der Waals surface area contributed by atoms with E-state index in [1.807, 2.05) is 12.3 Å². The molecule has 1 heterocycles. The smallest absolute Gasteiger partial charge is 0.182 e. The second-order valence-electron chi connectivity index (χ2n) is 2.08.